The van der Waals surface area contributed by atoms with Gasteiger partial charge >= 0.3 is 0 Å². The standard InChI is InChI=1S/C26H27B/c1-25(2)16-27(17-26(25,3)4)18-13-14-23-21-11-6-5-9-19(21)20-10-7-8-12-22(20)24(23)15-18/h5-15H,16-17H2,1-4H3. The van der Waals surface area contributed by atoms with Crippen molar-refractivity contribution in [3.05, 3.63) is 66.7 Å². The van der Waals surface area contributed by atoms with Crippen molar-refractivity contribution in [1.29, 1.82) is 0 Å². The molecule has 4 aromatic rings. The predicted molar refractivity (Wildman–Crippen MR) is 122 cm³/mol. The maximum absolute atomic E-state index is 2.49. The van der Waals surface area contributed by atoms with Crippen LogP contribution in [0.4, 0.5) is 0 Å². The van der Waals surface area contributed by atoms with Gasteiger partial charge in [-0.3, -0.25) is 0 Å². The maximum Gasteiger partial charge on any atom is 0.176 e. The molecule has 0 aliphatic carbocycles. The molecule has 1 aliphatic rings. The summed E-state index contributed by atoms with van der Waals surface area (Å²) >= 11 is 0. The van der Waals surface area contributed by atoms with Crippen LogP contribution in [0, 0.1) is 10.8 Å². The van der Waals surface area contributed by atoms with E-state index in [0.29, 0.717) is 17.5 Å². The van der Waals surface area contributed by atoms with Crippen molar-refractivity contribution in [1.82, 2.24) is 0 Å². The number of hydrogen-bond acceptors (Lipinski definition) is 0. The highest BCUT2D eigenvalue weighted by molar-refractivity contribution is 6.74. The highest BCUT2D eigenvalue weighted by Gasteiger charge is 2.48. The van der Waals surface area contributed by atoms with E-state index in [9.17, 15) is 0 Å². The molecule has 1 saturated heterocycles. The molecule has 0 radical (unpaired) electrons. The Kier molecular flexibility index (Phi) is 3.51. The summed E-state index contributed by atoms with van der Waals surface area (Å²) in [4.78, 5) is 0. The summed E-state index contributed by atoms with van der Waals surface area (Å²) in [6, 6.07) is 25.0. The van der Waals surface area contributed by atoms with E-state index in [1.165, 1.54) is 50.4 Å². The van der Waals surface area contributed by atoms with Crippen molar-refractivity contribution in [3.8, 4) is 0 Å². The summed E-state index contributed by atoms with van der Waals surface area (Å²) in [5.41, 5.74) is 2.29. The lowest BCUT2D eigenvalue weighted by molar-refractivity contribution is 0.177. The topological polar surface area (TPSA) is 0 Å². The molecule has 1 fully saturated rings. The second kappa shape index (κ2) is 5.61. The highest BCUT2D eigenvalue weighted by Crippen LogP contribution is 2.52. The fourth-order valence-electron chi connectivity index (χ4n) is 5.27. The number of fused-ring (bicyclic) bond motifs is 6. The SMILES string of the molecule is CC1(C)CB(c2ccc3c4ccccc4c4ccccc4c3c2)CC1(C)C. The van der Waals surface area contributed by atoms with Crippen LogP contribution in [0.2, 0.25) is 12.6 Å². The molecular formula is C26H27B. The number of hydrogen-bond donors (Lipinski definition) is 0. The van der Waals surface area contributed by atoms with Gasteiger partial charge in [0, 0.05) is 0 Å². The predicted octanol–water partition coefficient (Wildman–Crippen LogP) is 6.91. The van der Waals surface area contributed by atoms with E-state index in [2.05, 4.69) is 94.4 Å². The molecule has 134 valence electrons. The molecule has 4 aromatic carbocycles. The molecule has 0 amide bonds. The lowest BCUT2D eigenvalue weighted by atomic mass is 9.42. The molecule has 0 spiro atoms. The first-order valence-electron chi connectivity index (χ1n) is 10.2. The fraction of sp³-hybridized carbons (Fsp3) is 0.308. The van der Waals surface area contributed by atoms with Gasteiger partial charge in [-0.05, 0) is 43.1 Å². The van der Waals surface area contributed by atoms with Gasteiger partial charge < -0.3 is 0 Å². The molecule has 0 bridgehead atoms. The van der Waals surface area contributed by atoms with Gasteiger partial charge in [0.1, 0.15) is 0 Å². The molecular weight excluding hydrogens is 323 g/mol. The largest absolute Gasteiger partial charge is 0.176 e. The van der Waals surface area contributed by atoms with E-state index >= 15 is 0 Å². The highest BCUT2D eigenvalue weighted by atomic mass is 14.4. The fourth-order valence-corrected chi connectivity index (χ4v) is 5.27. The summed E-state index contributed by atoms with van der Waals surface area (Å²) < 4.78 is 0. The Morgan fingerprint density at radius 1 is 0.556 bits per heavy atom. The van der Waals surface area contributed by atoms with Crippen LogP contribution in [0.3, 0.4) is 0 Å². The van der Waals surface area contributed by atoms with Gasteiger partial charge in [0.05, 0.1) is 0 Å². The minimum Gasteiger partial charge on any atom is -0.0794 e. The van der Waals surface area contributed by atoms with Crippen LogP contribution >= 0.6 is 0 Å². The van der Waals surface area contributed by atoms with Crippen LogP contribution in [0.15, 0.2) is 66.7 Å². The average molecular weight is 350 g/mol. The van der Waals surface area contributed by atoms with Crippen molar-refractivity contribution < 1.29 is 0 Å². The van der Waals surface area contributed by atoms with E-state index in [-0.39, 0.29) is 0 Å². The van der Waals surface area contributed by atoms with Crippen LogP contribution in [-0.2, 0) is 0 Å². The van der Waals surface area contributed by atoms with Gasteiger partial charge in [0.25, 0.3) is 0 Å². The monoisotopic (exact) mass is 350 g/mol. The lowest BCUT2D eigenvalue weighted by Gasteiger charge is -2.35. The Bertz CT molecular complexity index is 1130. The van der Waals surface area contributed by atoms with Crippen molar-refractivity contribution in [2.75, 3.05) is 0 Å². The Labute approximate surface area is 162 Å². The zero-order chi connectivity index (χ0) is 18.8. The molecule has 0 saturated carbocycles. The first-order chi connectivity index (χ1) is 12.9. The summed E-state index contributed by atoms with van der Waals surface area (Å²) in [6.07, 6.45) is 2.55. The molecule has 1 aliphatic heterocycles. The van der Waals surface area contributed by atoms with Gasteiger partial charge in [-0.1, -0.05) is 113 Å². The molecule has 1 heterocycles. The molecule has 27 heavy (non-hydrogen) atoms. The van der Waals surface area contributed by atoms with Crippen molar-refractivity contribution in [2.24, 2.45) is 10.8 Å². The van der Waals surface area contributed by atoms with Crippen molar-refractivity contribution in [3.63, 3.8) is 0 Å². The zero-order valence-electron chi connectivity index (χ0n) is 16.8. The smallest absolute Gasteiger partial charge is 0.0794 e. The van der Waals surface area contributed by atoms with E-state index in [1.54, 1.807) is 0 Å². The molecule has 0 atom stereocenters. The Balaban J connectivity index is 1.78. The Morgan fingerprint density at radius 2 is 0.963 bits per heavy atom. The zero-order valence-corrected chi connectivity index (χ0v) is 16.8. The van der Waals surface area contributed by atoms with E-state index in [0.717, 1.165) is 0 Å². The van der Waals surface area contributed by atoms with Crippen LogP contribution in [0.1, 0.15) is 27.7 Å². The van der Waals surface area contributed by atoms with E-state index in [4.69, 9.17) is 0 Å². The number of benzene rings is 4. The minimum absolute atomic E-state index is 0.387. The average Bonchev–Trinajstić information content (AvgIpc) is 2.89. The van der Waals surface area contributed by atoms with Gasteiger partial charge in [-0.15, -0.1) is 0 Å². The molecule has 0 nitrogen and oxygen atoms in total. The van der Waals surface area contributed by atoms with Gasteiger partial charge in [0.15, 0.2) is 6.71 Å². The molecule has 1 heteroatoms. The molecule has 0 N–H and O–H groups in total. The van der Waals surface area contributed by atoms with Gasteiger partial charge in [0.2, 0.25) is 0 Å². The molecule has 0 aromatic heterocycles. The quantitative estimate of drug-likeness (QED) is 0.258. The summed E-state index contributed by atoms with van der Waals surface area (Å²) in [5, 5.41) is 8.25. The van der Waals surface area contributed by atoms with Crippen molar-refractivity contribution >= 4 is 44.5 Å². The molecule has 0 unspecified atom stereocenters. The maximum atomic E-state index is 2.49. The summed E-state index contributed by atoms with van der Waals surface area (Å²) in [7, 11) is 0. The minimum atomic E-state index is 0.387. The Morgan fingerprint density at radius 3 is 1.44 bits per heavy atom. The summed E-state index contributed by atoms with van der Waals surface area (Å²) in [5.74, 6) is 0. The Hall–Kier alpha value is -2.28. The van der Waals surface area contributed by atoms with Crippen LogP contribution < -0.4 is 5.46 Å². The summed E-state index contributed by atoms with van der Waals surface area (Å²) in [6.45, 7) is 10.4. The normalized spacial score (nSPS) is 18.6. The first-order valence-corrected chi connectivity index (χ1v) is 10.2. The van der Waals surface area contributed by atoms with Crippen LogP contribution in [0.5, 0.6) is 0 Å². The number of rotatable bonds is 1. The van der Waals surface area contributed by atoms with Crippen LogP contribution in [-0.4, -0.2) is 6.71 Å². The second-order valence-corrected chi connectivity index (χ2v) is 9.77. The van der Waals surface area contributed by atoms with E-state index < -0.39 is 0 Å². The third-order valence-electron chi connectivity index (χ3n) is 7.59. The molecule has 5 rings (SSSR count). The lowest BCUT2D eigenvalue weighted by Crippen LogP contribution is -2.27. The van der Waals surface area contributed by atoms with E-state index in [1.807, 2.05) is 0 Å². The third-order valence-corrected chi connectivity index (χ3v) is 7.59. The second-order valence-electron chi connectivity index (χ2n) is 9.77. The first kappa shape index (κ1) is 16.9. The third kappa shape index (κ3) is 2.44. The van der Waals surface area contributed by atoms with Crippen molar-refractivity contribution in [2.45, 2.75) is 40.3 Å². The van der Waals surface area contributed by atoms with Crippen LogP contribution in [0.25, 0.3) is 32.3 Å². The van der Waals surface area contributed by atoms with Gasteiger partial charge in [-0.2, -0.15) is 0 Å². The van der Waals surface area contributed by atoms with Gasteiger partial charge in [-0.25, -0.2) is 0 Å².